The fourth-order valence-corrected chi connectivity index (χ4v) is 2.75. The van der Waals surface area contributed by atoms with Crippen molar-refractivity contribution in [3.63, 3.8) is 0 Å². The Bertz CT molecular complexity index is 283. The van der Waals surface area contributed by atoms with Gasteiger partial charge in [0.2, 0.25) is 0 Å². The van der Waals surface area contributed by atoms with E-state index in [2.05, 4.69) is 9.89 Å². The van der Waals surface area contributed by atoms with Gasteiger partial charge >= 0.3 is 0 Å². The highest BCUT2D eigenvalue weighted by Gasteiger charge is 2.13. The smallest absolute Gasteiger partial charge is 0.191 e. The molecule has 0 bridgehead atoms. The lowest BCUT2D eigenvalue weighted by Crippen LogP contribution is -2.38. The highest BCUT2D eigenvalue weighted by atomic mass is 16.5. The van der Waals surface area contributed by atoms with Gasteiger partial charge in [0.15, 0.2) is 5.96 Å². The predicted molar refractivity (Wildman–Crippen MR) is 80.9 cm³/mol. The number of hydrogen-bond donors (Lipinski definition) is 1. The third-order valence-electron chi connectivity index (χ3n) is 4.03. The van der Waals surface area contributed by atoms with Crippen LogP contribution in [-0.2, 0) is 9.47 Å². The third-order valence-corrected chi connectivity index (χ3v) is 4.03. The predicted octanol–water partition coefficient (Wildman–Crippen LogP) is 1.76. The van der Waals surface area contributed by atoms with Crippen LogP contribution in [0.2, 0.25) is 0 Å². The van der Waals surface area contributed by atoms with E-state index in [0.29, 0.717) is 6.10 Å². The maximum absolute atomic E-state index is 6.06. The first-order chi connectivity index (χ1) is 9.86. The minimum absolute atomic E-state index is 0.385. The van der Waals surface area contributed by atoms with Crippen LogP contribution >= 0.6 is 0 Å². The quantitative estimate of drug-likeness (QED) is 0.474. The van der Waals surface area contributed by atoms with E-state index in [1.165, 1.54) is 25.7 Å². The molecular weight excluding hydrogens is 254 g/mol. The van der Waals surface area contributed by atoms with Gasteiger partial charge in [-0.25, -0.2) is 0 Å². The zero-order chi connectivity index (χ0) is 14.0. The minimum atomic E-state index is 0.385. The fourth-order valence-electron chi connectivity index (χ4n) is 2.75. The van der Waals surface area contributed by atoms with Gasteiger partial charge < -0.3 is 20.1 Å². The van der Waals surface area contributed by atoms with Crippen LogP contribution in [0.4, 0.5) is 0 Å². The standard InChI is InChI=1S/C15H29N3O2/c16-15(18-9-3-1-2-4-10-18)17-8-5-11-20-14-6-12-19-13-7-14/h14H,1-13H2,(H2,16,17). The molecule has 2 aliphatic heterocycles. The second-order valence-electron chi connectivity index (χ2n) is 5.68. The van der Waals surface area contributed by atoms with Gasteiger partial charge in [-0.05, 0) is 32.1 Å². The van der Waals surface area contributed by atoms with E-state index < -0.39 is 0 Å². The van der Waals surface area contributed by atoms with E-state index >= 15 is 0 Å². The molecule has 0 atom stereocenters. The number of nitrogens with two attached hydrogens (primary N) is 1. The van der Waals surface area contributed by atoms with Gasteiger partial charge in [-0.3, -0.25) is 4.99 Å². The Balaban J connectivity index is 1.57. The second kappa shape index (κ2) is 9.19. The van der Waals surface area contributed by atoms with Crippen molar-refractivity contribution in [1.29, 1.82) is 0 Å². The number of rotatable bonds is 5. The van der Waals surface area contributed by atoms with Gasteiger partial charge in [-0.15, -0.1) is 0 Å². The number of hydrogen-bond acceptors (Lipinski definition) is 3. The summed E-state index contributed by atoms with van der Waals surface area (Å²) in [5, 5.41) is 0. The second-order valence-corrected chi connectivity index (χ2v) is 5.68. The Labute approximate surface area is 122 Å². The Morgan fingerprint density at radius 3 is 2.55 bits per heavy atom. The fraction of sp³-hybridized carbons (Fsp3) is 0.933. The van der Waals surface area contributed by atoms with Gasteiger partial charge in [-0.1, -0.05) is 12.8 Å². The molecular formula is C15H29N3O2. The molecule has 0 aromatic rings. The van der Waals surface area contributed by atoms with Crippen molar-refractivity contribution in [3.05, 3.63) is 0 Å². The van der Waals surface area contributed by atoms with Crippen molar-refractivity contribution in [2.45, 2.75) is 51.0 Å². The van der Waals surface area contributed by atoms with Crippen LogP contribution < -0.4 is 5.73 Å². The van der Waals surface area contributed by atoms with Crippen LogP contribution in [0.1, 0.15) is 44.9 Å². The molecule has 2 aliphatic rings. The Morgan fingerprint density at radius 1 is 1.15 bits per heavy atom. The molecule has 2 N–H and O–H groups in total. The van der Waals surface area contributed by atoms with Gasteiger partial charge in [0.25, 0.3) is 0 Å². The molecule has 0 unspecified atom stereocenters. The largest absolute Gasteiger partial charge is 0.381 e. The molecule has 2 heterocycles. The van der Waals surface area contributed by atoms with Gasteiger partial charge in [0.05, 0.1) is 6.10 Å². The van der Waals surface area contributed by atoms with Crippen LogP contribution in [0.25, 0.3) is 0 Å². The molecule has 0 aromatic carbocycles. The topological polar surface area (TPSA) is 60.1 Å². The van der Waals surface area contributed by atoms with Crippen molar-refractivity contribution in [2.24, 2.45) is 10.7 Å². The molecule has 0 saturated carbocycles. The molecule has 5 nitrogen and oxygen atoms in total. The van der Waals surface area contributed by atoms with Crippen molar-refractivity contribution < 1.29 is 9.47 Å². The summed E-state index contributed by atoms with van der Waals surface area (Å²) in [5.74, 6) is 0.720. The van der Waals surface area contributed by atoms with Crippen molar-refractivity contribution >= 4 is 5.96 Å². The molecule has 0 spiro atoms. The van der Waals surface area contributed by atoms with Crippen molar-refractivity contribution in [3.8, 4) is 0 Å². The molecule has 0 aromatic heterocycles. The van der Waals surface area contributed by atoms with Gasteiger partial charge in [0.1, 0.15) is 0 Å². The number of ether oxygens (including phenoxy) is 2. The Hall–Kier alpha value is -0.810. The zero-order valence-electron chi connectivity index (χ0n) is 12.6. The van der Waals surface area contributed by atoms with Crippen LogP contribution in [0.5, 0.6) is 0 Å². The van der Waals surface area contributed by atoms with E-state index in [-0.39, 0.29) is 0 Å². The van der Waals surface area contributed by atoms with Crippen LogP contribution in [-0.4, -0.2) is 56.4 Å². The summed E-state index contributed by atoms with van der Waals surface area (Å²) in [6.45, 7) is 5.35. The number of guanidine groups is 1. The summed E-state index contributed by atoms with van der Waals surface area (Å²) in [5.41, 5.74) is 6.06. The zero-order valence-corrected chi connectivity index (χ0v) is 12.6. The summed E-state index contributed by atoms with van der Waals surface area (Å²) in [6.07, 6.45) is 8.51. The summed E-state index contributed by atoms with van der Waals surface area (Å²) in [6, 6.07) is 0. The Kier molecular flexibility index (Phi) is 7.15. The number of aliphatic imine (C=N–C) groups is 1. The van der Waals surface area contributed by atoms with Crippen LogP contribution in [0.15, 0.2) is 4.99 Å². The summed E-state index contributed by atoms with van der Waals surface area (Å²) < 4.78 is 11.1. The Morgan fingerprint density at radius 2 is 1.85 bits per heavy atom. The van der Waals surface area contributed by atoms with E-state index in [4.69, 9.17) is 15.2 Å². The molecule has 0 amide bonds. The lowest BCUT2D eigenvalue weighted by atomic mass is 10.1. The highest BCUT2D eigenvalue weighted by Crippen LogP contribution is 2.11. The van der Waals surface area contributed by atoms with E-state index in [1.807, 2.05) is 0 Å². The minimum Gasteiger partial charge on any atom is -0.381 e. The average Bonchev–Trinajstić information content (AvgIpc) is 2.77. The number of likely N-dealkylation sites (tertiary alicyclic amines) is 1. The summed E-state index contributed by atoms with van der Waals surface area (Å²) in [4.78, 5) is 6.72. The van der Waals surface area contributed by atoms with E-state index in [0.717, 1.165) is 64.7 Å². The van der Waals surface area contributed by atoms with E-state index in [9.17, 15) is 0 Å². The normalized spacial score (nSPS) is 22.8. The molecule has 2 rings (SSSR count). The van der Waals surface area contributed by atoms with Crippen LogP contribution in [0.3, 0.4) is 0 Å². The first-order valence-corrected chi connectivity index (χ1v) is 8.10. The SMILES string of the molecule is NC(=NCCCOC1CCOCC1)N1CCCCCC1. The highest BCUT2D eigenvalue weighted by molar-refractivity contribution is 5.78. The molecule has 2 fully saturated rings. The molecule has 0 aliphatic carbocycles. The average molecular weight is 283 g/mol. The lowest BCUT2D eigenvalue weighted by molar-refractivity contribution is -0.0318. The molecule has 2 saturated heterocycles. The van der Waals surface area contributed by atoms with Gasteiger partial charge in [-0.2, -0.15) is 0 Å². The lowest BCUT2D eigenvalue weighted by Gasteiger charge is -2.22. The maximum Gasteiger partial charge on any atom is 0.191 e. The molecule has 0 radical (unpaired) electrons. The first-order valence-electron chi connectivity index (χ1n) is 8.10. The molecule has 5 heteroatoms. The monoisotopic (exact) mass is 283 g/mol. The third kappa shape index (κ3) is 5.67. The summed E-state index contributed by atoms with van der Waals surface area (Å²) in [7, 11) is 0. The summed E-state index contributed by atoms with van der Waals surface area (Å²) >= 11 is 0. The van der Waals surface area contributed by atoms with Crippen molar-refractivity contribution in [1.82, 2.24) is 4.90 Å². The maximum atomic E-state index is 6.06. The number of nitrogens with zero attached hydrogens (tertiary/aromatic N) is 2. The van der Waals surface area contributed by atoms with E-state index in [1.54, 1.807) is 0 Å². The van der Waals surface area contributed by atoms with Crippen LogP contribution in [0, 0.1) is 0 Å². The van der Waals surface area contributed by atoms with Crippen molar-refractivity contribution in [2.75, 3.05) is 39.5 Å². The first kappa shape index (κ1) is 15.6. The molecule has 20 heavy (non-hydrogen) atoms. The van der Waals surface area contributed by atoms with Gasteiger partial charge in [0, 0.05) is 39.5 Å². The molecule has 116 valence electrons.